The minimum Gasteiger partial charge on any atom is -0.346 e. The third-order valence-corrected chi connectivity index (χ3v) is 11.9. The van der Waals surface area contributed by atoms with Gasteiger partial charge in [-0.1, -0.05) is 140 Å². The van der Waals surface area contributed by atoms with Crippen molar-refractivity contribution in [3.8, 4) is 0 Å². The fraction of sp³-hybridized carbons (Fsp3) is 0.0893. The number of fused-ring (bicyclic) bond motifs is 4. The number of aliphatic imine (C=N–C) groups is 1. The molecule has 0 aromatic heterocycles. The monoisotopic (exact) mass is 774 g/mol. The smallest absolute Gasteiger partial charge is 0.116 e. The number of anilines is 4. The summed E-state index contributed by atoms with van der Waals surface area (Å²) in [6.45, 7) is 2.82. The first-order chi connectivity index (χ1) is 29.6. The zero-order valence-electron chi connectivity index (χ0n) is 33.9. The molecule has 0 saturated carbocycles. The summed E-state index contributed by atoms with van der Waals surface area (Å²) >= 11 is 0. The van der Waals surface area contributed by atoms with Crippen molar-refractivity contribution < 1.29 is 0 Å². The Kier molecular flexibility index (Phi) is 9.88. The Morgan fingerprint density at radius 3 is 1.98 bits per heavy atom. The molecule has 8 aromatic rings. The van der Waals surface area contributed by atoms with Gasteiger partial charge >= 0.3 is 0 Å². The molecular formula is C56H46N4. The average molecular weight is 775 g/mol. The molecule has 2 unspecified atom stereocenters. The second kappa shape index (κ2) is 16.1. The van der Waals surface area contributed by atoms with Gasteiger partial charge in [0.1, 0.15) is 6.04 Å². The van der Waals surface area contributed by atoms with Gasteiger partial charge in [-0.15, -0.1) is 0 Å². The van der Waals surface area contributed by atoms with Crippen molar-refractivity contribution in [2.75, 3.05) is 21.7 Å². The second-order valence-electron chi connectivity index (χ2n) is 15.8. The molecule has 60 heavy (non-hydrogen) atoms. The van der Waals surface area contributed by atoms with Gasteiger partial charge in [-0.25, -0.2) is 0 Å². The summed E-state index contributed by atoms with van der Waals surface area (Å²) in [5.74, 6) is 0. The molecule has 0 N–H and O–H groups in total. The van der Waals surface area contributed by atoms with E-state index in [1.807, 2.05) is 6.34 Å². The standard InChI is InChI=1S/C56H46N4/c1-3-11-40-12-9-17-51(35-40)59(52-30-28-44-13-7-8-14-45(44)36-52)38-43-24-27-46-32-41(22-25-47(46)34-43)20-21-42-23-26-49-37-53(31-29-48(49)33-42)60-39-57-56-54(18-10-19-55(56)60)58(2)50-15-5-4-6-16-50/h3-37,39,55-56H,38H2,1-2H3/b11-3-,21-20+. The lowest BCUT2D eigenvalue weighted by atomic mass is 9.97. The largest absolute Gasteiger partial charge is 0.346 e. The van der Waals surface area contributed by atoms with E-state index in [0.29, 0.717) is 0 Å². The van der Waals surface area contributed by atoms with Crippen LogP contribution in [0.4, 0.5) is 22.7 Å². The maximum absolute atomic E-state index is 4.99. The summed E-state index contributed by atoms with van der Waals surface area (Å²) in [5.41, 5.74) is 10.7. The highest BCUT2D eigenvalue weighted by Gasteiger charge is 2.35. The Morgan fingerprint density at radius 1 is 0.550 bits per heavy atom. The number of rotatable bonds is 10. The van der Waals surface area contributed by atoms with Crippen molar-refractivity contribution in [3.05, 3.63) is 222 Å². The van der Waals surface area contributed by atoms with Crippen LogP contribution >= 0.6 is 0 Å². The summed E-state index contributed by atoms with van der Waals surface area (Å²) in [5, 5.41) is 7.39. The molecule has 8 aromatic carbocycles. The Bertz CT molecular complexity index is 3030. The number of para-hydroxylation sites is 1. The normalized spacial score (nSPS) is 16.0. The van der Waals surface area contributed by atoms with E-state index in [1.54, 1.807) is 0 Å². The van der Waals surface area contributed by atoms with Crippen LogP contribution in [0.2, 0.25) is 0 Å². The first-order valence-corrected chi connectivity index (χ1v) is 20.8. The van der Waals surface area contributed by atoms with Crippen LogP contribution in [0.1, 0.15) is 29.2 Å². The molecule has 10 rings (SSSR count). The Hall–Kier alpha value is -7.43. The van der Waals surface area contributed by atoms with Crippen LogP contribution in [-0.2, 0) is 6.54 Å². The van der Waals surface area contributed by atoms with Crippen molar-refractivity contribution in [2.45, 2.75) is 25.6 Å². The predicted molar refractivity (Wildman–Crippen MR) is 258 cm³/mol. The number of allylic oxidation sites excluding steroid dienone is 3. The average Bonchev–Trinajstić information content (AvgIpc) is 3.74. The molecule has 0 fully saturated rings. The van der Waals surface area contributed by atoms with Crippen LogP contribution in [-0.4, -0.2) is 25.5 Å². The maximum atomic E-state index is 4.99. The predicted octanol–water partition coefficient (Wildman–Crippen LogP) is 13.9. The molecule has 0 saturated heterocycles. The highest BCUT2D eigenvalue weighted by molar-refractivity contribution is 5.94. The van der Waals surface area contributed by atoms with Gasteiger partial charge in [0.25, 0.3) is 0 Å². The summed E-state index contributed by atoms with van der Waals surface area (Å²) in [7, 11) is 2.13. The molecule has 1 aliphatic heterocycles. The number of benzene rings is 8. The molecule has 4 nitrogen and oxygen atoms in total. The van der Waals surface area contributed by atoms with Gasteiger partial charge < -0.3 is 14.7 Å². The summed E-state index contributed by atoms with van der Waals surface area (Å²) in [4.78, 5) is 12.0. The molecule has 2 aliphatic rings. The Balaban J connectivity index is 0.850. The van der Waals surface area contributed by atoms with Gasteiger partial charge in [-0.2, -0.15) is 0 Å². The molecule has 0 bridgehead atoms. The lowest BCUT2D eigenvalue weighted by Gasteiger charge is -2.33. The second-order valence-corrected chi connectivity index (χ2v) is 15.8. The van der Waals surface area contributed by atoms with Crippen LogP contribution < -0.4 is 14.7 Å². The van der Waals surface area contributed by atoms with E-state index < -0.39 is 0 Å². The van der Waals surface area contributed by atoms with Crippen LogP contribution in [0.15, 0.2) is 205 Å². The minimum absolute atomic E-state index is 0.0450. The summed E-state index contributed by atoms with van der Waals surface area (Å²) in [6, 6.07) is 61.9. The van der Waals surface area contributed by atoms with Gasteiger partial charge in [0.15, 0.2) is 0 Å². The number of hydrogen-bond donors (Lipinski definition) is 0. The summed E-state index contributed by atoms with van der Waals surface area (Å²) in [6.07, 6.45) is 17.3. The highest BCUT2D eigenvalue weighted by atomic mass is 15.3. The molecule has 1 heterocycles. The Labute approximate surface area is 352 Å². The van der Waals surface area contributed by atoms with Crippen molar-refractivity contribution >= 4 is 79.6 Å². The highest BCUT2D eigenvalue weighted by Crippen LogP contribution is 2.35. The van der Waals surface area contributed by atoms with Gasteiger partial charge in [0, 0.05) is 42.0 Å². The van der Waals surface area contributed by atoms with E-state index >= 15 is 0 Å². The third-order valence-electron chi connectivity index (χ3n) is 11.9. The maximum Gasteiger partial charge on any atom is 0.116 e. The minimum atomic E-state index is 0.0450. The zero-order valence-corrected chi connectivity index (χ0v) is 33.9. The summed E-state index contributed by atoms with van der Waals surface area (Å²) < 4.78 is 0. The molecule has 290 valence electrons. The number of nitrogens with zero attached hydrogens (tertiary/aromatic N) is 4. The number of hydrogen-bond acceptors (Lipinski definition) is 4. The SMILES string of the molecule is C/C=C\c1cccc(N(Cc2ccc3cc(/C=C/c4ccc5cc(N6C=NC7C(N(C)c8ccccc8)=CC=CC76)ccc5c4)ccc3c2)c2ccc3ccccc3c2)c1. The Morgan fingerprint density at radius 2 is 1.18 bits per heavy atom. The van der Waals surface area contributed by atoms with Gasteiger partial charge in [-0.3, -0.25) is 4.99 Å². The molecule has 0 amide bonds. The van der Waals surface area contributed by atoms with E-state index in [2.05, 4.69) is 241 Å². The first-order valence-electron chi connectivity index (χ1n) is 20.8. The van der Waals surface area contributed by atoms with Gasteiger partial charge in [-0.05, 0) is 134 Å². The molecule has 2 atom stereocenters. The van der Waals surface area contributed by atoms with Crippen molar-refractivity contribution in [2.24, 2.45) is 4.99 Å². The van der Waals surface area contributed by atoms with Crippen molar-refractivity contribution in [1.29, 1.82) is 0 Å². The fourth-order valence-electron chi connectivity index (χ4n) is 8.70. The van der Waals surface area contributed by atoms with Gasteiger partial charge in [0.2, 0.25) is 0 Å². The van der Waals surface area contributed by atoms with Gasteiger partial charge in [0.05, 0.1) is 12.4 Å². The van der Waals surface area contributed by atoms with E-state index in [1.165, 1.54) is 71.6 Å². The molecule has 0 spiro atoms. The molecule has 1 aliphatic carbocycles. The fourth-order valence-corrected chi connectivity index (χ4v) is 8.70. The lowest BCUT2D eigenvalue weighted by molar-refractivity contribution is 0.685. The quantitative estimate of drug-likeness (QED) is 0.129. The van der Waals surface area contributed by atoms with Crippen LogP contribution in [0, 0.1) is 0 Å². The topological polar surface area (TPSA) is 22.1 Å². The zero-order chi connectivity index (χ0) is 40.4. The number of likely N-dealkylation sites (N-methyl/N-ethyl adjacent to an activating group) is 1. The van der Waals surface area contributed by atoms with E-state index in [9.17, 15) is 0 Å². The van der Waals surface area contributed by atoms with Crippen molar-refractivity contribution in [1.82, 2.24) is 0 Å². The van der Waals surface area contributed by atoms with E-state index in [-0.39, 0.29) is 12.1 Å². The van der Waals surface area contributed by atoms with Crippen molar-refractivity contribution in [3.63, 3.8) is 0 Å². The van der Waals surface area contributed by atoms with Crippen LogP contribution in [0.3, 0.4) is 0 Å². The molecule has 0 radical (unpaired) electrons. The third kappa shape index (κ3) is 7.40. The van der Waals surface area contributed by atoms with Crippen LogP contribution in [0.25, 0.3) is 50.5 Å². The van der Waals surface area contributed by atoms with Crippen LogP contribution in [0.5, 0.6) is 0 Å². The first kappa shape index (κ1) is 36.9. The van der Waals surface area contributed by atoms with E-state index in [4.69, 9.17) is 4.99 Å². The molecular weight excluding hydrogens is 729 g/mol. The lowest BCUT2D eigenvalue weighted by Crippen LogP contribution is -2.40. The van der Waals surface area contributed by atoms with E-state index in [0.717, 1.165) is 17.9 Å². The molecule has 4 heteroatoms.